The van der Waals surface area contributed by atoms with Gasteiger partial charge in [0.1, 0.15) is 5.82 Å². The third-order valence-corrected chi connectivity index (χ3v) is 3.14. The first-order valence-corrected chi connectivity index (χ1v) is 6.91. The Hall–Kier alpha value is -0.970. The Morgan fingerprint density at radius 2 is 1.89 bits per heavy atom. The van der Waals surface area contributed by atoms with Crippen LogP contribution >= 0.6 is 0 Å². The van der Waals surface area contributed by atoms with Gasteiger partial charge in [0, 0.05) is 31.7 Å². The molecule has 0 unspecified atom stereocenters. The van der Waals surface area contributed by atoms with Gasteiger partial charge in [-0.15, -0.1) is 0 Å². The lowest BCUT2D eigenvalue weighted by atomic mass is 10.1. The van der Waals surface area contributed by atoms with Gasteiger partial charge in [0.25, 0.3) is 0 Å². The van der Waals surface area contributed by atoms with E-state index in [2.05, 4.69) is 30.8 Å². The average molecular weight is 267 g/mol. The molecule has 108 valence electrons. The van der Waals surface area contributed by atoms with Gasteiger partial charge in [0.05, 0.1) is 0 Å². The van der Waals surface area contributed by atoms with E-state index in [0.717, 1.165) is 37.2 Å². The predicted molar refractivity (Wildman–Crippen MR) is 78.4 cm³/mol. The Kier molecular flexibility index (Phi) is 6.99. The smallest absolute Gasteiger partial charge is 0.127 e. The summed E-state index contributed by atoms with van der Waals surface area (Å²) in [5, 5.41) is 0. The Morgan fingerprint density at radius 3 is 2.47 bits per heavy atom. The maximum atomic E-state index is 13.8. The minimum Gasteiger partial charge on any atom is -0.326 e. The van der Waals surface area contributed by atoms with E-state index in [0.29, 0.717) is 13.1 Å². The zero-order chi connectivity index (χ0) is 14.3. The number of rotatable bonds is 8. The zero-order valence-electron chi connectivity index (χ0n) is 12.3. The molecule has 0 aliphatic heterocycles. The van der Waals surface area contributed by atoms with Crippen LogP contribution < -0.4 is 5.73 Å². The van der Waals surface area contributed by atoms with Crippen LogP contribution in [0.2, 0.25) is 0 Å². The monoisotopic (exact) mass is 267 g/mol. The van der Waals surface area contributed by atoms with E-state index in [1.807, 2.05) is 6.07 Å². The molecule has 0 aliphatic carbocycles. The molecule has 0 amide bonds. The molecule has 0 heterocycles. The van der Waals surface area contributed by atoms with E-state index in [4.69, 9.17) is 5.73 Å². The second kappa shape index (κ2) is 8.25. The van der Waals surface area contributed by atoms with Crippen molar-refractivity contribution in [3.05, 3.63) is 35.1 Å². The maximum absolute atomic E-state index is 13.8. The number of hydrogen-bond donors (Lipinski definition) is 1. The van der Waals surface area contributed by atoms with Crippen molar-refractivity contribution in [3.63, 3.8) is 0 Å². The van der Waals surface area contributed by atoms with Crippen molar-refractivity contribution >= 4 is 0 Å². The normalized spacial score (nSPS) is 11.5. The van der Waals surface area contributed by atoms with Gasteiger partial charge in [0.2, 0.25) is 0 Å². The van der Waals surface area contributed by atoms with Crippen molar-refractivity contribution in [1.82, 2.24) is 9.80 Å². The summed E-state index contributed by atoms with van der Waals surface area (Å²) in [7, 11) is 4.11. The minimum atomic E-state index is -0.136. The molecule has 0 spiro atoms. The van der Waals surface area contributed by atoms with Crippen molar-refractivity contribution < 1.29 is 4.39 Å². The molecule has 3 nitrogen and oxygen atoms in total. The van der Waals surface area contributed by atoms with Gasteiger partial charge in [-0.05, 0) is 38.7 Å². The number of hydrogen-bond acceptors (Lipinski definition) is 3. The summed E-state index contributed by atoms with van der Waals surface area (Å²) >= 11 is 0. The van der Waals surface area contributed by atoms with Crippen LogP contribution in [0.25, 0.3) is 0 Å². The first-order chi connectivity index (χ1) is 9.06. The molecule has 0 bridgehead atoms. The van der Waals surface area contributed by atoms with Crippen molar-refractivity contribution in [1.29, 1.82) is 0 Å². The molecule has 0 saturated carbocycles. The van der Waals surface area contributed by atoms with E-state index in [1.54, 1.807) is 6.07 Å². The Bertz CT molecular complexity index is 380. The largest absolute Gasteiger partial charge is 0.326 e. The van der Waals surface area contributed by atoms with Gasteiger partial charge in [-0.25, -0.2) is 4.39 Å². The van der Waals surface area contributed by atoms with E-state index < -0.39 is 0 Å². The molecular formula is C15H26FN3. The number of nitrogens with two attached hydrogens (primary N) is 1. The van der Waals surface area contributed by atoms with Crippen molar-refractivity contribution in [2.24, 2.45) is 5.73 Å². The molecule has 0 saturated heterocycles. The predicted octanol–water partition coefficient (Wildman–Crippen LogP) is 2.06. The molecule has 0 fully saturated rings. The molecule has 2 N–H and O–H groups in total. The molecular weight excluding hydrogens is 241 g/mol. The second-order valence-corrected chi connectivity index (χ2v) is 5.21. The number of benzene rings is 1. The molecule has 0 radical (unpaired) electrons. The molecule has 0 aromatic heterocycles. The number of likely N-dealkylation sites (N-methyl/N-ethyl adjacent to an activating group) is 1. The first kappa shape index (κ1) is 16.1. The van der Waals surface area contributed by atoms with Crippen LogP contribution in [0.3, 0.4) is 0 Å². The third-order valence-electron chi connectivity index (χ3n) is 3.14. The highest BCUT2D eigenvalue weighted by atomic mass is 19.1. The van der Waals surface area contributed by atoms with Gasteiger partial charge in [-0.1, -0.05) is 19.1 Å². The summed E-state index contributed by atoms with van der Waals surface area (Å²) < 4.78 is 13.8. The molecule has 4 heteroatoms. The standard InChI is InChI=1S/C15H26FN3/c1-4-7-19(9-8-18(2)3)12-14-10-13(11-17)5-6-15(14)16/h5-6,10H,4,7-9,11-12,17H2,1-3H3. The van der Waals surface area contributed by atoms with E-state index >= 15 is 0 Å². The summed E-state index contributed by atoms with van der Waals surface area (Å²) in [5.74, 6) is -0.136. The van der Waals surface area contributed by atoms with Crippen molar-refractivity contribution in [2.75, 3.05) is 33.7 Å². The van der Waals surface area contributed by atoms with Crippen molar-refractivity contribution in [3.8, 4) is 0 Å². The third kappa shape index (κ3) is 5.68. The lowest BCUT2D eigenvalue weighted by Crippen LogP contribution is -2.32. The van der Waals surface area contributed by atoms with Gasteiger partial charge in [0.15, 0.2) is 0 Å². The van der Waals surface area contributed by atoms with E-state index in [9.17, 15) is 4.39 Å². The van der Waals surface area contributed by atoms with Gasteiger partial charge < -0.3 is 10.6 Å². The quantitative estimate of drug-likeness (QED) is 0.782. The minimum absolute atomic E-state index is 0.136. The van der Waals surface area contributed by atoms with Crippen LogP contribution in [0.5, 0.6) is 0 Å². The number of halogens is 1. The fourth-order valence-electron chi connectivity index (χ4n) is 2.04. The van der Waals surface area contributed by atoms with Crippen LogP contribution in [0.15, 0.2) is 18.2 Å². The van der Waals surface area contributed by atoms with Crippen LogP contribution in [0.1, 0.15) is 24.5 Å². The Morgan fingerprint density at radius 1 is 1.16 bits per heavy atom. The van der Waals surface area contributed by atoms with E-state index in [-0.39, 0.29) is 5.82 Å². The molecule has 0 atom stereocenters. The summed E-state index contributed by atoms with van der Waals surface area (Å²) in [5.41, 5.74) is 7.35. The lowest BCUT2D eigenvalue weighted by Gasteiger charge is -2.24. The number of nitrogens with zero attached hydrogens (tertiary/aromatic N) is 2. The highest BCUT2D eigenvalue weighted by Crippen LogP contribution is 2.13. The molecule has 0 aliphatic rings. The highest BCUT2D eigenvalue weighted by Gasteiger charge is 2.10. The van der Waals surface area contributed by atoms with Gasteiger partial charge >= 0.3 is 0 Å². The van der Waals surface area contributed by atoms with Crippen molar-refractivity contribution in [2.45, 2.75) is 26.4 Å². The average Bonchev–Trinajstić information content (AvgIpc) is 2.38. The van der Waals surface area contributed by atoms with Crippen LogP contribution in [-0.4, -0.2) is 43.5 Å². The van der Waals surface area contributed by atoms with E-state index in [1.165, 1.54) is 6.07 Å². The second-order valence-electron chi connectivity index (χ2n) is 5.21. The molecule has 1 rings (SSSR count). The summed E-state index contributed by atoms with van der Waals surface area (Å²) in [6.45, 7) is 6.18. The SMILES string of the molecule is CCCN(CCN(C)C)Cc1cc(CN)ccc1F. The Labute approximate surface area is 116 Å². The molecule has 1 aromatic carbocycles. The van der Waals surface area contributed by atoms with Crippen LogP contribution in [0, 0.1) is 5.82 Å². The zero-order valence-corrected chi connectivity index (χ0v) is 12.3. The fraction of sp³-hybridized carbons (Fsp3) is 0.600. The first-order valence-electron chi connectivity index (χ1n) is 6.91. The fourth-order valence-corrected chi connectivity index (χ4v) is 2.04. The Balaban J connectivity index is 2.71. The van der Waals surface area contributed by atoms with Crippen LogP contribution in [-0.2, 0) is 13.1 Å². The lowest BCUT2D eigenvalue weighted by molar-refractivity contribution is 0.231. The van der Waals surface area contributed by atoms with Crippen LogP contribution in [0.4, 0.5) is 4.39 Å². The maximum Gasteiger partial charge on any atom is 0.127 e. The topological polar surface area (TPSA) is 32.5 Å². The summed E-state index contributed by atoms with van der Waals surface area (Å²) in [6.07, 6.45) is 1.08. The summed E-state index contributed by atoms with van der Waals surface area (Å²) in [4.78, 5) is 4.44. The van der Waals surface area contributed by atoms with Gasteiger partial charge in [-0.2, -0.15) is 0 Å². The highest BCUT2D eigenvalue weighted by molar-refractivity contribution is 5.25. The molecule has 1 aromatic rings. The summed E-state index contributed by atoms with van der Waals surface area (Å²) in [6, 6.07) is 5.16. The van der Waals surface area contributed by atoms with Gasteiger partial charge in [-0.3, -0.25) is 4.90 Å². The molecule has 19 heavy (non-hydrogen) atoms.